The summed E-state index contributed by atoms with van der Waals surface area (Å²) in [5.74, 6) is 0.620. The van der Waals surface area contributed by atoms with Gasteiger partial charge in [0.05, 0.1) is 11.1 Å². The van der Waals surface area contributed by atoms with Crippen LogP contribution in [-0.4, -0.2) is 52.6 Å². The lowest BCUT2D eigenvalue weighted by Gasteiger charge is -2.31. The molecule has 2 aromatic heterocycles. The average molecular weight is 783 g/mol. The molecule has 59 heavy (non-hydrogen) atoms. The van der Waals surface area contributed by atoms with Crippen molar-refractivity contribution in [1.82, 2.24) is 8.47 Å². The zero-order chi connectivity index (χ0) is 39.2. The molecule has 0 radical (unpaired) electrons. The highest BCUT2D eigenvalue weighted by molar-refractivity contribution is 6.69. The van der Waals surface area contributed by atoms with Gasteiger partial charge in [-0.25, -0.2) is 39.5 Å². The Labute approximate surface area is 335 Å². The Balaban J connectivity index is 1.36. The Hall–Kier alpha value is -8.16. The fourth-order valence-electron chi connectivity index (χ4n) is 8.15. The molecule has 0 fully saturated rings. The van der Waals surface area contributed by atoms with E-state index in [9.17, 15) is 9.59 Å². The zero-order valence-electron chi connectivity index (χ0n) is 30.7. The van der Waals surface area contributed by atoms with Crippen molar-refractivity contribution in [2.75, 3.05) is 0 Å². The van der Waals surface area contributed by atoms with Gasteiger partial charge in [0.15, 0.2) is 23.3 Å². The number of nitrogens with zero attached hydrogens (tertiary/aromatic N) is 8. The summed E-state index contributed by atoms with van der Waals surface area (Å²) in [5.41, 5.74) is 4.08. The predicted molar refractivity (Wildman–Crippen MR) is 225 cm³/mol. The molecule has 4 aliphatic heterocycles. The second-order valence-corrected chi connectivity index (χ2v) is 16.6. The number of carbonyl (C=O) groups is 2. The van der Waals surface area contributed by atoms with Crippen LogP contribution in [0.4, 0.5) is 11.6 Å². The predicted octanol–water partition coefficient (Wildman–Crippen LogP) is 7.09. The highest BCUT2D eigenvalue weighted by Crippen LogP contribution is 2.44. The van der Waals surface area contributed by atoms with Gasteiger partial charge in [0, 0.05) is 43.8 Å². The summed E-state index contributed by atoms with van der Waals surface area (Å²) in [6.45, 7) is 0. The lowest BCUT2D eigenvalue weighted by Crippen LogP contribution is -2.65. The summed E-state index contributed by atoms with van der Waals surface area (Å²) >= 11 is 0. The number of hydrogen-bond donors (Lipinski definition) is 0. The van der Waals surface area contributed by atoms with E-state index in [1.807, 2.05) is 109 Å². The molecule has 13 heteroatoms. The highest BCUT2D eigenvalue weighted by Gasteiger charge is 2.60. The molecule has 12 rings (SSSR count). The van der Waals surface area contributed by atoms with Crippen molar-refractivity contribution in [1.29, 1.82) is 0 Å². The van der Waals surface area contributed by atoms with E-state index < -0.39 is 20.8 Å². The van der Waals surface area contributed by atoms with Gasteiger partial charge in [-0.3, -0.25) is 8.47 Å². The number of hydrogen-bond acceptors (Lipinski definition) is 10. The first-order valence-corrected chi connectivity index (χ1v) is 20.6. The van der Waals surface area contributed by atoms with E-state index in [0.29, 0.717) is 67.5 Å². The van der Waals surface area contributed by atoms with Gasteiger partial charge in [0.2, 0.25) is 0 Å². The van der Waals surface area contributed by atoms with Gasteiger partial charge in [0.1, 0.15) is 22.6 Å². The first-order chi connectivity index (χ1) is 29.1. The Morgan fingerprint density at radius 2 is 0.712 bits per heavy atom. The zero-order valence-corrected chi connectivity index (χ0v) is 31.7. The Kier molecular flexibility index (Phi) is 6.95. The monoisotopic (exact) mass is 782 g/mol. The molecular formula is C46H26N8O4Si. The van der Waals surface area contributed by atoms with Crippen molar-refractivity contribution < 1.29 is 18.4 Å². The average Bonchev–Trinajstić information content (AvgIpc) is 4.00. The fourth-order valence-corrected chi connectivity index (χ4v) is 11.2. The van der Waals surface area contributed by atoms with Gasteiger partial charge in [-0.2, -0.15) is 0 Å². The molecule has 0 spiro atoms. The molecule has 0 saturated heterocycles. The van der Waals surface area contributed by atoms with Crippen LogP contribution in [0.1, 0.15) is 43.0 Å². The first-order valence-electron chi connectivity index (χ1n) is 18.9. The molecule has 0 aliphatic carbocycles. The molecule has 4 aliphatic rings. The number of amidine groups is 4. The van der Waals surface area contributed by atoms with Crippen molar-refractivity contribution in [3.63, 3.8) is 0 Å². The maximum Gasteiger partial charge on any atom is 0.742 e. The third-order valence-corrected chi connectivity index (χ3v) is 13.7. The molecule has 6 heterocycles. The number of fused-ring (bicyclic) bond motifs is 14. The van der Waals surface area contributed by atoms with E-state index in [-0.39, 0.29) is 11.1 Å². The fraction of sp³-hybridized carbons (Fsp3) is 0. The minimum absolute atomic E-state index is 0.235. The lowest BCUT2D eigenvalue weighted by atomic mass is 10.1. The van der Waals surface area contributed by atoms with Crippen LogP contribution in [0, 0.1) is 0 Å². The van der Waals surface area contributed by atoms with Crippen molar-refractivity contribution in [2.45, 2.75) is 0 Å². The van der Waals surface area contributed by atoms with Crippen LogP contribution < -0.4 is 11.0 Å². The van der Waals surface area contributed by atoms with Gasteiger partial charge in [0.25, 0.3) is 0 Å². The smallest absolute Gasteiger partial charge is 0.448 e. The summed E-state index contributed by atoms with van der Waals surface area (Å²) in [7, 11) is -5.08. The number of rotatable bonds is 4. The summed E-state index contributed by atoms with van der Waals surface area (Å²) in [6.07, 6.45) is 0. The standard InChI is InChI=1S/C46H26N8O4Si/c55-45(27-15-3-1-4-16-27)57-59(58-46(56)28-17-5-2-6-18-28)53-41-33-23-11-12-24-34(33)43(53)51-39-31-21-9-10-22-32(31)40(48-39)52-44-36-26-14-13-25-35(36)42(54(44)59)50-38-30-20-8-7-19-29(30)37(47-38)49-41/h1-26H/b49-37-,49-41?,50-38?,50-42-,51-39-,51-43?,52-40?,52-44-. The highest BCUT2D eigenvalue weighted by atomic mass is 28.4. The quantitative estimate of drug-likeness (QED) is 0.176. The summed E-state index contributed by atoms with van der Waals surface area (Å²) in [6, 6.07) is 48.0. The van der Waals surface area contributed by atoms with Crippen LogP contribution >= 0.6 is 0 Å². The van der Waals surface area contributed by atoms with E-state index in [1.165, 1.54) is 0 Å². The molecular weight excluding hydrogens is 757 g/mol. The number of carbonyl (C=O) groups excluding carboxylic acids is 2. The van der Waals surface area contributed by atoms with Gasteiger partial charge >= 0.3 is 20.8 Å². The minimum Gasteiger partial charge on any atom is -0.448 e. The summed E-state index contributed by atoms with van der Waals surface area (Å²) in [5, 5.41) is 2.58. The van der Waals surface area contributed by atoms with E-state index in [0.717, 1.165) is 22.3 Å². The lowest BCUT2D eigenvalue weighted by molar-refractivity contribution is 0.0532. The molecule has 278 valence electrons. The third kappa shape index (κ3) is 4.82. The third-order valence-electron chi connectivity index (χ3n) is 10.8. The van der Waals surface area contributed by atoms with Gasteiger partial charge in [-0.05, 0) is 24.3 Å². The second kappa shape index (κ2) is 12.4. The second-order valence-electron chi connectivity index (χ2n) is 14.2. The van der Waals surface area contributed by atoms with Gasteiger partial charge < -0.3 is 8.85 Å². The van der Waals surface area contributed by atoms with Gasteiger partial charge in [-0.15, -0.1) is 0 Å². The summed E-state index contributed by atoms with van der Waals surface area (Å²) < 4.78 is 17.5. The number of aliphatic imine (C=N–C) groups is 4. The van der Waals surface area contributed by atoms with E-state index in [1.54, 1.807) is 57.0 Å². The van der Waals surface area contributed by atoms with Crippen LogP contribution in [0.2, 0.25) is 0 Å². The van der Waals surface area contributed by atoms with Crippen molar-refractivity contribution in [3.8, 4) is 0 Å². The number of aromatic nitrogens is 2. The molecule has 8 aromatic rings. The van der Waals surface area contributed by atoms with Crippen LogP contribution in [0.5, 0.6) is 0 Å². The first kappa shape index (κ1) is 33.0. The van der Waals surface area contributed by atoms with E-state index in [4.69, 9.17) is 38.8 Å². The molecule has 0 N–H and O–H groups in total. The van der Waals surface area contributed by atoms with E-state index >= 15 is 0 Å². The normalized spacial score (nSPS) is 18.0. The van der Waals surface area contributed by atoms with Crippen molar-refractivity contribution in [2.24, 2.45) is 30.0 Å². The SMILES string of the molecule is O=C(O[Si]1(OC(=O)c2ccccc2)n2c3c4ccccc4c2/N=C2N=C(/N=c4/c5ccccc5/c(n41)=N/C1=NC(=N\3)/c3ccccc31)c1ccccc1\2)c1ccccc1. The van der Waals surface area contributed by atoms with Crippen molar-refractivity contribution in [3.05, 3.63) is 202 Å². The maximum absolute atomic E-state index is 15.0. The largest absolute Gasteiger partial charge is 0.742 e. The molecule has 0 amide bonds. The molecule has 0 saturated carbocycles. The molecule has 12 nitrogen and oxygen atoms in total. The van der Waals surface area contributed by atoms with E-state index in [2.05, 4.69) is 0 Å². The van der Waals surface area contributed by atoms with Crippen LogP contribution in [0.25, 0.3) is 21.5 Å². The molecule has 0 atom stereocenters. The van der Waals surface area contributed by atoms with Crippen LogP contribution in [0.3, 0.4) is 0 Å². The Morgan fingerprint density at radius 1 is 0.373 bits per heavy atom. The molecule has 6 aromatic carbocycles. The topological polar surface area (TPSA) is 137 Å². The number of benzene rings is 6. The maximum atomic E-state index is 15.0. The minimum atomic E-state index is -5.08. The van der Waals surface area contributed by atoms with Crippen LogP contribution in [0.15, 0.2) is 188 Å². The molecule has 6 bridgehead atoms. The molecule has 0 unspecified atom stereocenters. The summed E-state index contributed by atoms with van der Waals surface area (Å²) in [4.78, 5) is 61.4. The van der Waals surface area contributed by atoms with Crippen molar-refractivity contribution >= 4 is 77.3 Å². The van der Waals surface area contributed by atoms with Crippen LogP contribution in [-0.2, 0) is 8.85 Å². The Morgan fingerprint density at radius 3 is 1.12 bits per heavy atom. The van der Waals surface area contributed by atoms with Gasteiger partial charge in [-0.1, -0.05) is 133 Å². The Bertz CT molecular complexity index is 3220.